The summed E-state index contributed by atoms with van der Waals surface area (Å²) >= 11 is 1.23. The molecule has 10 heteroatoms. The van der Waals surface area contributed by atoms with E-state index in [0.29, 0.717) is 55.6 Å². The predicted molar refractivity (Wildman–Crippen MR) is 166 cm³/mol. The second-order valence-electron chi connectivity index (χ2n) is 9.78. The van der Waals surface area contributed by atoms with Gasteiger partial charge in [0.1, 0.15) is 12.4 Å². The predicted octanol–water partition coefficient (Wildman–Crippen LogP) is 4.66. The van der Waals surface area contributed by atoms with Crippen LogP contribution in [0.5, 0.6) is 17.2 Å². The molecule has 0 fully saturated rings. The summed E-state index contributed by atoms with van der Waals surface area (Å²) in [6.07, 6.45) is 1.75. The molecule has 0 radical (unpaired) electrons. The van der Waals surface area contributed by atoms with E-state index in [2.05, 4.69) is 11.1 Å². The zero-order valence-corrected chi connectivity index (χ0v) is 25.6. The van der Waals surface area contributed by atoms with E-state index in [1.165, 1.54) is 11.3 Å². The van der Waals surface area contributed by atoms with Gasteiger partial charge in [-0.15, -0.1) is 0 Å². The van der Waals surface area contributed by atoms with E-state index in [0.717, 1.165) is 11.1 Å². The van der Waals surface area contributed by atoms with Crippen LogP contribution in [0.1, 0.15) is 49.1 Å². The third kappa shape index (κ3) is 6.14. The molecule has 1 aromatic heterocycles. The highest BCUT2D eigenvalue weighted by Crippen LogP contribution is 2.33. The van der Waals surface area contributed by atoms with Crippen LogP contribution in [0.15, 0.2) is 87.8 Å². The maximum absolute atomic E-state index is 14.1. The maximum atomic E-state index is 14.1. The number of allylic oxidation sites excluding steroid dienone is 1. The maximum Gasteiger partial charge on any atom is 0.338 e. The molecular weight excluding hydrogens is 578 g/mol. The molecule has 1 aliphatic heterocycles. The van der Waals surface area contributed by atoms with Gasteiger partial charge in [-0.25, -0.2) is 9.79 Å². The number of benzene rings is 3. The lowest BCUT2D eigenvalue weighted by Crippen LogP contribution is -2.39. The Kier molecular flexibility index (Phi) is 9.26. The molecular formula is C34H31N3O6S. The number of nitriles is 1. The van der Waals surface area contributed by atoms with Crippen LogP contribution < -0.4 is 29.1 Å². The molecule has 0 saturated carbocycles. The first kappa shape index (κ1) is 30.3. The third-order valence-corrected chi connectivity index (χ3v) is 7.99. The Labute approximate surface area is 258 Å². The molecule has 3 aromatic carbocycles. The summed E-state index contributed by atoms with van der Waals surface area (Å²) in [5, 5.41) is 9.09. The minimum Gasteiger partial charge on any atom is -0.494 e. The van der Waals surface area contributed by atoms with Gasteiger partial charge in [0.2, 0.25) is 0 Å². The molecule has 0 unspecified atom stereocenters. The van der Waals surface area contributed by atoms with Crippen LogP contribution in [0.3, 0.4) is 0 Å². The Morgan fingerprint density at radius 1 is 1.05 bits per heavy atom. The molecule has 44 heavy (non-hydrogen) atoms. The first-order valence-electron chi connectivity index (χ1n) is 14.1. The highest BCUT2D eigenvalue weighted by Gasteiger charge is 2.33. The highest BCUT2D eigenvalue weighted by molar-refractivity contribution is 7.07. The fourth-order valence-corrected chi connectivity index (χ4v) is 5.99. The van der Waals surface area contributed by atoms with Gasteiger partial charge in [0, 0.05) is 5.56 Å². The molecule has 0 N–H and O–H groups in total. The van der Waals surface area contributed by atoms with Crippen molar-refractivity contribution in [2.45, 2.75) is 33.4 Å². The van der Waals surface area contributed by atoms with Crippen molar-refractivity contribution >= 4 is 23.4 Å². The van der Waals surface area contributed by atoms with Crippen LogP contribution in [0.25, 0.3) is 6.08 Å². The lowest BCUT2D eigenvalue weighted by Gasteiger charge is -2.24. The van der Waals surface area contributed by atoms with Gasteiger partial charge in [0.25, 0.3) is 5.56 Å². The van der Waals surface area contributed by atoms with Crippen molar-refractivity contribution in [3.8, 4) is 23.3 Å². The van der Waals surface area contributed by atoms with Gasteiger partial charge in [0.05, 0.1) is 53.8 Å². The molecule has 4 aromatic rings. The Morgan fingerprint density at radius 3 is 2.45 bits per heavy atom. The summed E-state index contributed by atoms with van der Waals surface area (Å²) in [4.78, 5) is 32.4. The van der Waals surface area contributed by atoms with Crippen LogP contribution >= 0.6 is 11.3 Å². The fourth-order valence-electron chi connectivity index (χ4n) is 4.95. The molecule has 0 amide bonds. The Bertz CT molecular complexity index is 1930. The number of ether oxygens (including phenoxy) is 4. The number of hydrogen-bond donors (Lipinski definition) is 0. The number of carbonyl (C=O) groups is 1. The van der Waals surface area contributed by atoms with Gasteiger partial charge in [-0.3, -0.25) is 9.36 Å². The molecule has 5 rings (SSSR count). The van der Waals surface area contributed by atoms with Crippen molar-refractivity contribution in [1.29, 1.82) is 5.26 Å². The van der Waals surface area contributed by atoms with Crippen LogP contribution in [0, 0.1) is 11.3 Å². The average molecular weight is 610 g/mol. The number of rotatable bonds is 10. The van der Waals surface area contributed by atoms with Gasteiger partial charge in [-0.2, -0.15) is 5.26 Å². The number of esters is 1. The number of fused-ring (bicyclic) bond motifs is 1. The number of nitrogens with zero attached hydrogens (tertiary/aromatic N) is 3. The Hall–Kier alpha value is -5.14. The lowest BCUT2D eigenvalue weighted by atomic mass is 9.96. The zero-order chi connectivity index (χ0) is 31.2. The van der Waals surface area contributed by atoms with E-state index in [-0.39, 0.29) is 18.8 Å². The summed E-state index contributed by atoms with van der Waals surface area (Å²) in [5.41, 5.74) is 3.30. The largest absolute Gasteiger partial charge is 0.494 e. The number of methoxy groups -OCH3 is 1. The second-order valence-corrected chi connectivity index (χ2v) is 10.8. The number of carbonyl (C=O) groups excluding carboxylic acids is 1. The molecule has 0 saturated heterocycles. The lowest BCUT2D eigenvalue weighted by molar-refractivity contribution is -0.139. The average Bonchev–Trinajstić information content (AvgIpc) is 3.34. The number of aromatic nitrogens is 1. The van der Waals surface area contributed by atoms with E-state index >= 15 is 0 Å². The van der Waals surface area contributed by atoms with E-state index in [1.54, 1.807) is 49.8 Å². The first-order chi connectivity index (χ1) is 21.4. The Morgan fingerprint density at radius 2 is 1.80 bits per heavy atom. The fraction of sp³-hybridized carbons (Fsp3) is 0.235. The van der Waals surface area contributed by atoms with Gasteiger partial charge >= 0.3 is 5.97 Å². The van der Waals surface area contributed by atoms with Gasteiger partial charge in [-0.05, 0) is 68.3 Å². The van der Waals surface area contributed by atoms with Crippen LogP contribution in [-0.4, -0.2) is 30.9 Å². The quantitative estimate of drug-likeness (QED) is 0.241. The monoisotopic (exact) mass is 609 g/mol. The second kappa shape index (κ2) is 13.4. The van der Waals surface area contributed by atoms with Crippen molar-refractivity contribution < 1.29 is 23.7 Å². The molecule has 1 aliphatic rings. The zero-order valence-electron chi connectivity index (χ0n) is 24.8. The minimum absolute atomic E-state index is 0.192. The van der Waals surface area contributed by atoms with Crippen LogP contribution in [0.4, 0.5) is 0 Å². The van der Waals surface area contributed by atoms with Crippen LogP contribution in [0.2, 0.25) is 0 Å². The van der Waals surface area contributed by atoms with Crippen molar-refractivity contribution in [2.24, 2.45) is 4.99 Å². The van der Waals surface area contributed by atoms with E-state index in [9.17, 15) is 9.59 Å². The number of para-hydroxylation sites is 1. The molecule has 0 aliphatic carbocycles. The Balaban J connectivity index is 1.61. The van der Waals surface area contributed by atoms with E-state index < -0.39 is 12.0 Å². The van der Waals surface area contributed by atoms with Crippen molar-refractivity contribution in [1.82, 2.24) is 4.57 Å². The first-order valence-corrected chi connectivity index (χ1v) is 14.9. The molecule has 0 spiro atoms. The summed E-state index contributed by atoms with van der Waals surface area (Å²) in [6.45, 7) is 6.34. The smallest absolute Gasteiger partial charge is 0.338 e. The van der Waals surface area contributed by atoms with Gasteiger partial charge < -0.3 is 18.9 Å². The SMILES string of the molecule is CCOC(=O)C1=C(C)N=c2s/c(=C\c3cccc(OC)c3OCc3ccc(C#N)cc3)c(=O)n2[C@@H]1c1ccc(OCC)cc1. The van der Waals surface area contributed by atoms with Crippen molar-refractivity contribution in [3.05, 3.63) is 120 Å². The normalized spacial score (nSPS) is 14.3. The highest BCUT2D eigenvalue weighted by atomic mass is 32.1. The third-order valence-electron chi connectivity index (χ3n) is 7.01. The van der Waals surface area contributed by atoms with E-state index in [1.807, 2.05) is 55.5 Å². The minimum atomic E-state index is -0.736. The summed E-state index contributed by atoms with van der Waals surface area (Å²) < 4.78 is 24.7. The van der Waals surface area contributed by atoms with Gasteiger partial charge in [0.15, 0.2) is 16.3 Å². The molecule has 9 nitrogen and oxygen atoms in total. The number of hydrogen-bond acceptors (Lipinski definition) is 9. The number of thiazole rings is 1. The van der Waals surface area contributed by atoms with E-state index in [4.69, 9.17) is 24.2 Å². The molecule has 0 bridgehead atoms. The molecule has 2 heterocycles. The van der Waals surface area contributed by atoms with Crippen LogP contribution in [-0.2, 0) is 16.1 Å². The van der Waals surface area contributed by atoms with Crippen molar-refractivity contribution in [2.75, 3.05) is 20.3 Å². The summed E-state index contributed by atoms with van der Waals surface area (Å²) in [5.74, 6) is 1.14. The summed E-state index contributed by atoms with van der Waals surface area (Å²) in [6, 6.07) is 21.3. The summed E-state index contributed by atoms with van der Waals surface area (Å²) in [7, 11) is 1.55. The van der Waals surface area contributed by atoms with Crippen molar-refractivity contribution in [3.63, 3.8) is 0 Å². The molecule has 224 valence electrons. The topological polar surface area (TPSA) is 112 Å². The van der Waals surface area contributed by atoms with Gasteiger partial charge in [-0.1, -0.05) is 47.7 Å². The standard InChI is InChI=1S/C34H31N3O6S/c1-5-41-26-16-14-24(15-17-26)30-29(33(39)42-6-2)21(3)36-34-37(30)32(38)28(44-34)18-25-8-7-9-27(40-4)31(25)43-20-23-12-10-22(19-35)11-13-23/h7-18,30H,5-6,20H2,1-4H3/b28-18-/t30-/m1/s1. The molecule has 1 atom stereocenters.